The monoisotopic (exact) mass is 334 g/mol. The molecule has 1 N–H and O–H groups in total. The average molecular weight is 334 g/mol. The van der Waals surface area contributed by atoms with Crippen LogP contribution in [0.5, 0.6) is 0 Å². The standard InChI is InChI=1S/C15H18N4O3S/c20-23(21,19-7-9-22-10-8-19)18-12-13-1-6-17-15(11-13)14-2-4-16-5-3-14/h1-6,11,18H,7-10,12H2. The predicted octanol–water partition coefficient (Wildman–Crippen LogP) is 0.810. The van der Waals surface area contributed by atoms with Crippen molar-refractivity contribution in [3.05, 3.63) is 48.4 Å². The zero-order valence-electron chi connectivity index (χ0n) is 12.6. The molecule has 0 radical (unpaired) electrons. The lowest BCUT2D eigenvalue weighted by Gasteiger charge is -2.26. The Hall–Kier alpha value is -1.87. The van der Waals surface area contributed by atoms with Crippen molar-refractivity contribution in [3.8, 4) is 11.3 Å². The molecule has 0 bridgehead atoms. The number of nitrogens with one attached hydrogen (secondary N) is 1. The highest BCUT2D eigenvalue weighted by Gasteiger charge is 2.23. The van der Waals surface area contributed by atoms with E-state index in [-0.39, 0.29) is 6.54 Å². The molecule has 122 valence electrons. The minimum Gasteiger partial charge on any atom is -0.379 e. The van der Waals surface area contributed by atoms with Crippen molar-refractivity contribution in [3.63, 3.8) is 0 Å². The fourth-order valence-corrected chi connectivity index (χ4v) is 3.48. The summed E-state index contributed by atoms with van der Waals surface area (Å²) >= 11 is 0. The van der Waals surface area contributed by atoms with Crippen LogP contribution in [0.1, 0.15) is 5.56 Å². The molecule has 0 amide bonds. The molecule has 7 nitrogen and oxygen atoms in total. The molecule has 0 spiro atoms. The van der Waals surface area contributed by atoms with Gasteiger partial charge >= 0.3 is 0 Å². The second kappa shape index (κ2) is 7.14. The summed E-state index contributed by atoms with van der Waals surface area (Å²) in [5.74, 6) is 0. The first-order valence-corrected chi connectivity index (χ1v) is 8.77. The van der Waals surface area contributed by atoms with Crippen molar-refractivity contribution < 1.29 is 13.2 Å². The number of ether oxygens (including phenoxy) is 1. The van der Waals surface area contributed by atoms with Crippen LogP contribution in [0.2, 0.25) is 0 Å². The van der Waals surface area contributed by atoms with E-state index in [9.17, 15) is 8.42 Å². The van der Waals surface area contributed by atoms with E-state index in [2.05, 4.69) is 14.7 Å². The normalized spacial score (nSPS) is 16.3. The van der Waals surface area contributed by atoms with Gasteiger partial charge in [0.15, 0.2) is 0 Å². The number of aromatic nitrogens is 2. The van der Waals surface area contributed by atoms with Gasteiger partial charge in [0.1, 0.15) is 0 Å². The number of rotatable bonds is 5. The van der Waals surface area contributed by atoms with E-state index in [0.717, 1.165) is 16.8 Å². The number of hydrogen-bond acceptors (Lipinski definition) is 5. The second-order valence-electron chi connectivity index (χ2n) is 5.12. The summed E-state index contributed by atoms with van der Waals surface area (Å²) in [7, 11) is -3.49. The summed E-state index contributed by atoms with van der Waals surface area (Å²) in [6.45, 7) is 1.85. The maximum absolute atomic E-state index is 12.2. The van der Waals surface area contributed by atoms with Gasteiger partial charge in [-0.3, -0.25) is 9.97 Å². The average Bonchev–Trinajstić information content (AvgIpc) is 2.62. The molecule has 1 aliphatic rings. The molecule has 0 unspecified atom stereocenters. The molecule has 2 aromatic rings. The SMILES string of the molecule is O=S(=O)(NCc1ccnc(-c2ccncc2)c1)N1CCOCC1. The molecule has 1 aliphatic heterocycles. The van der Waals surface area contributed by atoms with Crippen LogP contribution >= 0.6 is 0 Å². The highest BCUT2D eigenvalue weighted by atomic mass is 32.2. The Balaban J connectivity index is 1.69. The molecule has 3 rings (SSSR count). The van der Waals surface area contributed by atoms with Crippen LogP contribution < -0.4 is 4.72 Å². The quantitative estimate of drug-likeness (QED) is 0.875. The third-order valence-corrected chi connectivity index (χ3v) is 5.12. The van der Waals surface area contributed by atoms with E-state index in [0.29, 0.717) is 26.3 Å². The van der Waals surface area contributed by atoms with E-state index in [1.54, 1.807) is 24.7 Å². The summed E-state index contributed by atoms with van der Waals surface area (Å²) in [5, 5.41) is 0. The van der Waals surface area contributed by atoms with E-state index < -0.39 is 10.2 Å². The van der Waals surface area contributed by atoms with Gasteiger partial charge in [-0.2, -0.15) is 17.4 Å². The van der Waals surface area contributed by atoms with E-state index in [1.165, 1.54) is 4.31 Å². The number of hydrogen-bond donors (Lipinski definition) is 1. The number of nitrogens with zero attached hydrogens (tertiary/aromatic N) is 3. The van der Waals surface area contributed by atoms with Crippen molar-refractivity contribution in [2.24, 2.45) is 0 Å². The highest BCUT2D eigenvalue weighted by Crippen LogP contribution is 2.16. The minimum absolute atomic E-state index is 0.223. The zero-order valence-corrected chi connectivity index (χ0v) is 13.4. The van der Waals surface area contributed by atoms with Crippen molar-refractivity contribution in [1.29, 1.82) is 0 Å². The maximum Gasteiger partial charge on any atom is 0.279 e. The Labute approximate surface area is 135 Å². The predicted molar refractivity (Wildman–Crippen MR) is 85.6 cm³/mol. The Morgan fingerprint density at radius 1 is 1.13 bits per heavy atom. The zero-order chi connectivity index (χ0) is 16.1. The van der Waals surface area contributed by atoms with Crippen LogP contribution in [-0.2, 0) is 21.5 Å². The number of morpholine rings is 1. The minimum atomic E-state index is -3.49. The summed E-state index contributed by atoms with van der Waals surface area (Å²) in [6.07, 6.45) is 5.07. The van der Waals surface area contributed by atoms with E-state index >= 15 is 0 Å². The molecule has 23 heavy (non-hydrogen) atoms. The van der Waals surface area contributed by atoms with Crippen LogP contribution in [0.3, 0.4) is 0 Å². The third kappa shape index (κ3) is 4.11. The van der Waals surface area contributed by atoms with Gasteiger partial charge in [0.25, 0.3) is 10.2 Å². The fourth-order valence-electron chi connectivity index (χ4n) is 2.32. The molecule has 1 saturated heterocycles. The summed E-state index contributed by atoms with van der Waals surface area (Å²) in [6, 6.07) is 7.40. The molecule has 0 atom stereocenters. The van der Waals surface area contributed by atoms with Crippen molar-refractivity contribution in [2.45, 2.75) is 6.54 Å². The van der Waals surface area contributed by atoms with Gasteiger partial charge in [-0.25, -0.2) is 0 Å². The molecule has 0 aliphatic carbocycles. The van der Waals surface area contributed by atoms with Crippen molar-refractivity contribution in [1.82, 2.24) is 19.0 Å². The van der Waals surface area contributed by atoms with Gasteiger partial charge in [0.2, 0.25) is 0 Å². The lowest BCUT2D eigenvalue weighted by Crippen LogP contribution is -2.46. The first-order chi connectivity index (χ1) is 11.1. The van der Waals surface area contributed by atoms with Crippen molar-refractivity contribution in [2.75, 3.05) is 26.3 Å². The van der Waals surface area contributed by atoms with Crippen LogP contribution in [-0.4, -0.2) is 49.0 Å². The molecule has 3 heterocycles. The van der Waals surface area contributed by atoms with Crippen molar-refractivity contribution >= 4 is 10.2 Å². The van der Waals surface area contributed by atoms with Crippen LogP contribution in [0.15, 0.2) is 42.9 Å². The third-order valence-electron chi connectivity index (χ3n) is 3.57. The van der Waals surface area contributed by atoms with Gasteiger partial charge < -0.3 is 4.74 Å². The molecular weight excluding hydrogens is 316 g/mol. The van der Waals surface area contributed by atoms with E-state index in [4.69, 9.17) is 4.74 Å². The van der Waals surface area contributed by atoms with Gasteiger partial charge in [-0.1, -0.05) is 0 Å². The Kier molecular flexibility index (Phi) is 4.97. The lowest BCUT2D eigenvalue weighted by molar-refractivity contribution is 0.0725. The lowest BCUT2D eigenvalue weighted by atomic mass is 10.1. The summed E-state index contributed by atoms with van der Waals surface area (Å²) in [4.78, 5) is 8.29. The molecule has 2 aromatic heterocycles. The molecule has 8 heteroatoms. The van der Waals surface area contributed by atoms with Crippen LogP contribution in [0, 0.1) is 0 Å². The van der Waals surface area contributed by atoms with Crippen LogP contribution in [0.25, 0.3) is 11.3 Å². The topological polar surface area (TPSA) is 84.4 Å². The second-order valence-corrected chi connectivity index (χ2v) is 6.88. The molecule has 0 aromatic carbocycles. The van der Waals surface area contributed by atoms with E-state index in [1.807, 2.05) is 18.2 Å². The Morgan fingerprint density at radius 2 is 1.87 bits per heavy atom. The summed E-state index contributed by atoms with van der Waals surface area (Å²) < 4.78 is 33.7. The van der Waals surface area contributed by atoms with Crippen LogP contribution in [0.4, 0.5) is 0 Å². The van der Waals surface area contributed by atoms with Gasteiger partial charge in [0.05, 0.1) is 18.9 Å². The van der Waals surface area contributed by atoms with Gasteiger partial charge in [-0.05, 0) is 29.8 Å². The molecular formula is C15H18N4O3S. The Morgan fingerprint density at radius 3 is 2.61 bits per heavy atom. The molecule has 0 saturated carbocycles. The molecule has 1 fully saturated rings. The van der Waals surface area contributed by atoms with Gasteiger partial charge in [0, 0.05) is 43.8 Å². The Bertz CT molecular complexity index is 746. The first kappa shape index (κ1) is 16.0. The highest BCUT2D eigenvalue weighted by molar-refractivity contribution is 7.87. The number of pyridine rings is 2. The smallest absolute Gasteiger partial charge is 0.279 e. The van der Waals surface area contributed by atoms with Gasteiger partial charge in [-0.15, -0.1) is 0 Å². The fraction of sp³-hybridized carbons (Fsp3) is 0.333. The summed E-state index contributed by atoms with van der Waals surface area (Å²) in [5.41, 5.74) is 2.58. The largest absolute Gasteiger partial charge is 0.379 e. The first-order valence-electron chi connectivity index (χ1n) is 7.33. The maximum atomic E-state index is 12.2.